The van der Waals surface area contributed by atoms with Crippen molar-refractivity contribution in [3.05, 3.63) is 29.6 Å². The number of benzene rings is 1. The maximum atomic E-state index is 13.5. The molecule has 0 saturated carbocycles. The van der Waals surface area contributed by atoms with Crippen LogP contribution in [0.5, 0.6) is 0 Å². The molecule has 1 aromatic carbocycles. The van der Waals surface area contributed by atoms with Crippen LogP contribution in [0.4, 0.5) is 10.1 Å². The summed E-state index contributed by atoms with van der Waals surface area (Å²) in [5, 5.41) is 0. The molecule has 2 nitrogen and oxygen atoms in total. The van der Waals surface area contributed by atoms with Gasteiger partial charge >= 0.3 is 0 Å². The van der Waals surface area contributed by atoms with E-state index in [0.29, 0.717) is 11.6 Å². The van der Waals surface area contributed by atoms with E-state index in [1.165, 1.54) is 0 Å². The van der Waals surface area contributed by atoms with Gasteiger partial charge in [0.15, 0.2) is 0 Å². The molecule has 0 aliphatic rings. The summed E-state index contributed by atoms with van der Waals surface area (Å²) < 4.78 is 13.5. The lowest BCUT2D eigenvalue weighted by Crippen LogP contribution is -2.30. The van der Waals surface area contributed by atoms with E-state index in [4.69, 9.17) is 5.73 Å². The lowest BCUT2D eigenvalue weighted by molar-refractivity contribution is 0.609. The van der Waals surface area contributed by atoms with Crippen LogP contribution in [0.15, 0.2) is 18.2 Å². The van der Waals surface area contributed by atoms with Gasteiger partial charge in [-0.3, -0.25) is 0 Å². The minimum atomic E-state index is -0.219. The van der Waals surface area contributed by atoms with Crippen LogP contribution in [-0.2, 0) is 6.54 Å². The Morgan fingerprint density at radius 2 is 2.19 bits per heavy atom. The molecule has 0 aliphatic heterocycles. The van der Waals surface area contributed by atoms with E-state index >= 15 is 0 Å². The number of nitrogens with two attached hydrogens (primary N) is 1. The molecule has 0 fully saturated rings. The summed E-state index contributed by atoms with van der Waals surface area (Å²) in [5.41, 5.74) is 6.89. The van der Waals surface area contributed by atoms with Crippen molar-refractivity contribution in [2.24, 2.45) is 5.73 Å². The largest absolute Gasteiger partial charge is 0.371 e. The monoisotopic (exact) mass is 242 g/mol. The van der Waals surface area contributed by atoms with Crippen LogP contribution < -0.4 is 10.6 Å². The van der Waals surface area contributed by atoms with Gasteiger partial charge in [0.05, 0.1) is 0 Å². The molecule has 90 valence electrons. The fourth-order valence-corrected chi connectivity index (χ4v) is 2.23. The van der Waals surface area contributed by atoms with Crippen LogP contribution in [0.2, 0.25) is 0 Å². The van der Waals surface area contributed by atoms with Crippen molar-refractivity contribution < 1.29 is 4.39 Å². The molecule has 1 rings (SSSR count). The van der Waals surface area contributed by atoms with Crippen molar-refractivity contribution in [1.29, 1.82) is 0 Å². The second-order valence-electron chi connectivity index (χ2n) is 3.90. The summed E-state index contributed by atoms with van der Waals surface area (Å²) in [6.45, 7) is 2.38. The molecule has 1 atom stereocenters. The summed E-state index contributed by atoms with van der Waals surface area (Å²) in [6, 6.07) is 5.62. The van der Waals surface area contributed by atoms with E-state index < -0.39 is 0 Å². The number of halogens is 1. The molecule has 1 aromatic rings. The van der Waals surface area contributed by atoms with Crippen molar-refractivity contribution >= 4 is 17.4 Å². The number of anilines is 1. The lowest BCUT2D eigenvalue weighted by atomic mass is 10.1. The van der Waals surface area contributed by atoms with E-state index in [1.54, 1.807) is 23.9 Å². The maximum Gasteiger partial charge on any atom is 0.129 e. The predicted molar refractivity (Wildman–Crippen MR) is 70.5 cm³/mol. The molecule has 16 heavy (non-hydrogen) atoms. The van der Waals surface area contributed by atoms with Crippen molar-refractivity contribution in [1.82, 2.24) is 0 Å². The molecule has 0 aliphatic carbocycles. The van der Waals surface area contributed by atoms with Crippen LogP contribution in [0, 0.1) is 5.82 Å². The van der Waals surface area contributed by atoms with Gasteiger partial charge in [-0.2, -0.15) is 11.8 Å². The molecule has 1 unspecified atom stereocenters. The zero-order valence-electron chi connectivity index (χ0n) is 10.0. The summed E-state index contributed by atoms with van der Waals surface area (Å²) in [4.78, 5) is 2.08. The molecule has 0 radical (unpaired) electrons. The number of hydrogen-bond acceptors (Lipinski definition) is 3. The smallest absolute Gasteiger partial charge is 0.129 e. The van der Waals surface area contributed by atoms with Gasteiger partial charge < -0.3 is 10.6 Å². The van der Waals surface area contributed by atoms with Crippen molar-refractivity contribution in [3.63, 3.8) is 0 Å². The fraction of sp³-hybridized carbons (Fsp3) is 0.500. The molecular formula is C12H19FN2S. The average molecular weight is 242 g/mol. The number of hydrogen-bond donors (Lipinski definition) is 1. The van der Waals surface area contributed by atoms with E-state index in [-0.39, 0.29) is 12.4 Å². The molecule has 0 bridgehead atoms. The van der Waals surface area contributed by atoms with Gasteiger partial charge in [-0.05, 0) is 25.3 Å². The van der Waals surface area contributed by atoms with Crippen LogP contribution in [0.3, 0.4) is 0 Å². The maximum absolute atomic E-state index is 13.5. The highest BCUT2D eigenvalue weighted by Gasteiger charge is 2.11. The number of rotatable bonds is 5. The van der Waals surface area contributed by atoms with Crippen molar-refractivity contribution in [3.8, 4) is 0 Å². The van der Waals surface area contributed by atoms with Crippen LogP contribution in [-0.4, -0.2) is 25.1 Å². The highest BCUT2D eigenvalue weighted by Crippen LogP contribution is 2.20. The molecule has 0 spiro atoms. The quantitative estimate of drug-likeness (QED) is 0.860. The van der Waals surface area contributed by atoms with E-state index in [9.17, 15) is 4.39 Å². The van der Waals surface area contributed by atoms with Gasteiger partial charge in [-0.25, -0.2) is 4.39 Å². The van der Waals surface area contributed by atoms with Crippen molar-refractivity contribution in [2.75, 3.05) is 24.0 Å². The minimum absolute atomic E-state index is 0.219. The first-order valence-electron chi connectivity index (χ1n) is 5.30. The SMILES string of the molecule is CSCC(C)N(C)c1ccc(CN)c(F)c1. The van der Waals surface area contributed by atoms with Gasteiger partial charge in [0.25, 0.3) is 0 Å². The minimum Gasteiger partial charge on any atom is -0.371 e. The topological polar surface area (TPSA) is 29.3 Å². The Morgan fingerprint density at radius 3 is 2.69 bits per heavy atom. The van der Waals surface area contributed by atoms with Gasteiger partial charge in [0.2, 0.25) is 0 Å². The molecule has 0 aromatic heterocycles. The van der Waals surface area contributed by atoms with Crippen molar-refractivity contribution in [2.45, 2.75) is 19.5 Å². The molecule has 2 N–H and O–H groups in total. The first-order chi connectivity index (χ1) is 7.60. The Morgan fingerprint density at radius 1 is 1.50 bits per heavy atom. The van der Waals surface area contributed by atoms with Crippen LogP contribution >= 0.6 is 11.8 Å². The number of nitrogens with zero attached hydrogens (tertiary/aromatic N) is 1. The number of thioether (sulfide) groups is 1. The molecule has 0 heterocycles. The first kappa shape index (κ1) is 13.3. The summed E-state index contributed by atoms with van der Waals surface area (Å²) >= 11 is 1.79. The molecular weight excluding hydrogens is 223 g/mol. The van der Waals surface area contributed by atoms with Gasteiger partial charge in [0, 0.05) is 36.6 Å². The highest BCUT2D eigenvalue weighted by molar-refractivity contribution is 7.98. The molecule has 0 amide bonds. The van der Waals surface area contributed by atoms with Crippen LogP contribution in [0.25, 0.3) is 0 Å². The molecule has 4 heteroatoms. The first-order valence-corrected chi connectivity index (χ1v) is 6.69. The van der Waals surface area contributed by atoms with Gasteiger partial charge in [-0.1, -0.05) is 6.07 Å². The zero-order valence-corrected chi connectivity index (χ0v) is 10.9. The highest BCUT2D eigenvalue weighted by atomic mass is 32.2. The van der Waals surface area contributed by atoms with E-state index in [1.807, 2.05) is 13.1 Å². The lowest BCUT2D eigenvalue weighted by Gasteiger charge is -2.26. The summed E-state index contributed by atoms with van der Waals surface area (Å²) in [5.74, 6) is 0.805. The normalized spacial score (nSPS) is 12.6. The third-order valence-corrected chi connectivity index (χ3v) is 3.55. The second kappa shape index (κ2) is 6.11. The Labute approximate surface area is 101 Å². The Bertz CT molecular complexity index is 344. The predicted octanol–water partition coefficient (Wildman–Crippen LogP) is 2.47. The Balaban J connectivity index is 2.84. The third-order valence-electron chi connectivity index (χ3n) is 2.73. The Kier molecular flexibility index (Phi) is 5.09. The van der Waals surface area contributed by atoms with E-state index in [2.05, 4.69) is 18.1 Å². The second-order valence-corrected chi connectivity index (χ2v) is 4.81. The standard InChI is InChI=1S/C12H19FN2S/c1-9(8-16-3)15(2)11-5-4-10(7-14)12(13)6-11/h4-6,9H,7-8,14H2,1-3H3. The third kappa shape index (κ3) is 3.12. The summed E-state index contributed by atoms with van der Waals surface area (Å²) in [7, 11) is 1.98. The van der Waals surface area contributed by atoms with Crippen LogP contribution in [0.1, 0.15) is 12.5 Å². The average Bonchev–Trinajstić information content (AvgIpc) is 2.28. The van der Waals surface area contributed by atoms with Gasteiger partial charge in [-0.15, -0.1) is 0 Å². The zero-order chi connectivity index (χ0) is 12.1. The summed E-state index contributed by atoms with van der Waals surface area (Å²) in [6.07, 6.45) is 2.07. The van der Waals surface area contributed by atoms with Gasteiger partial charge in [0.1, 0.15) is 5.82 Å². The Hall–Kier alpha value is -0.740. The fourth-order valence-electron chi connectivity index (χ4n) is 1.53. The molecule has 0 saturated heterocycles. The van der Waals surface area contributed by atoms with E-state index in [0.717, 1.165) is 11.4 Å².